The zero-order chi connectivity index (χ0) is 21.3. The SMILES string of the molecule is Cc1cc(F)cc2c(N3CCCN(C(=O)c4cccc(F)c4)CC3)c(C#N)cnc12. The number of rotatable bonds is 2. The van der Waals surface area contributed by atoms with Gasteiger partial charge >= 0.3 is 0 Å². The number of aryl methyl sites for hydroxylation is 1. The topological polar surface area (TPSA) is 60.2 Å². The summed E-state index contributed by atoms with van der Waals surface area (Å²) in [7, 11) is 0. The van der Waals surface area contributed by atoms with Crippen molar-refractivity contribution >= 4 is 22.5 Å². The van der Waals surface area contributed by atoms with E-state index in [-0.39, 0.29) is 11.7 Å². The van der Waals surface area contributed by atoms with Gasteiger partial charge in [0, 0.05) is 43.3 Å². The summed E-state index contributed by atoms with van der Waals surface area (Å²) in [5.74, 6) is -1.05. The second-order valence-electron chi connectivity index (χ2n) is 7.39. The third-order valence-electron chi connectivity index (χ3n) is 5.39. The van der Waals surface area contributed by atoms with Crippen molar-refractivity contribution < 1.29 is 13.6 Å². The number of hydrogen-bond donors (Lipinski definition) is 0. The monoisotopic (exact) mass is 406 g/mol. The smallest absolute Gasteiger partial charge is 0.254 e. The summed E-state index contributed by atoms with van der Waals surface area (Å²) < 4.78 is 27.6. The number of benzene rings is 2. The molecule has 1 fully saturated rings. The lowest BCUT2D eigenvalue weighted by Gasteiger charge is -2.26. The van der Waals surface area contributed by atoms with Crippen LogP contribution in [0.15, 0.2) is 42.6 Å². The zero-order valence-electron chi connectivity index (χ0n) is 16.5. The van der Waals surface area contributed by atoms with Crippen molar-refractivity contribution in [2.75, 3.05) is 31.1 Å². The first-order chi connectivity index (χ1) is 14.5. The molecule has 0 unspecified atom stereocenters. The number of halogens is 2. The summed E-state index contributed by atoms with van der Waals surface area (Å²) in [5.41, 5.74) is 2.69. The predicted octanol–water partition coefficient (Wildman–Crippen LogP) is 4.05. The summed E-state index contributed by atoms with van der Waals surface area (Å²) in [4.78, 5) is 20.9. The highest BCUT2D eigenvalue weighted by Gasteiger charge is 2.24. The molecule has 0 N–H and O–H groups in total. The van der Waals surface area contributed by atoms with Gasteiger partial charge in [-0.3, -0.25) is 9.78 Å². The molecule has 7 heteroatoms. The maximum Gasteiger partial charge on any atom is 0.254 e. The van der Waals surface area contributed by atoms with E-state index in [4.69, 9.17) is 0 Å². The van der Waals surface area contributed by atoms with E-state index < -0.39 is 5.82 Å². The number of carbonyl (C=O) groups is 1. The Morgan fingerprint density at radius 1 is 1.10 bits per heavy atom. The third kappa shape index (κ3) is 3.69. The molecule has 2 heterocycles. The maximum absolute atomic E-state index is 14.1. The normalized spacial score (nSPS) is 14.5. The molecular formula is C23H20F2N4O. The lowest BCUT2D eigenvalue weighted by molar-refractivity contribution is 0.0766. The standard InChI is InChI=1S/C23H20F2N4O/c1-15-10-19(25)12-20-21(15)27-14-17(13-26)22(20)28-6-3-7-29(9-8-28)23(30)16-4-2-5-18(24)11-16/h2,4-5,10-12,14H,3,6-9H2,1H3. The van der Waals surface area contributed by atoms with Crippen LogP contribution in [-0.4, -0.2) is 42.0 Å². The van der Waals surface area contributed by atoms with Gasteiger partial charge in [0.1, 0.15) is 17.7 Å². The Labute approximate surface area is 173 Å². The Bertz CT molecular complexity index is 1170. The van der Waals surface area contributed by atoms with Crippen LogP contribution in [0, 0.1) is 29.9 Å². The van der Waals surface area contributed by atoms with Crippen LogP contribution in [0.4, 0.5) is 14.5 Å². The molecule has 0 atom stereocenters. The zero-order valence-corrected chi connectivity index (χ0v) is 16.5. The van der Waals surface area contributed by atoms with Gasteiger partial charge < -0.3 is 9.80 Å². The second kappa shape index (κ2) is 8.07. The minimum Gasteiger partial charge on any atom is -0.368 e. The Balaban J connectivity index is 1.66. The van der Waals surface area contributed by atoms with Gasteiger partial charge in [-0.05, 0) is 49.2 Å². The molecule has 0 spiro atoms. The second-order valence-corrected chi connectivity index (χ2v) is 7.39. The highest BCUT2D eigenvalue weighted by Crippen LogP contribution is 2.32. The highest BCUT2D eigenvalue weighted by atomic mass is 19.1. The molecule has 0 radical (unpaired) electrons. The lowest BCUT2D eigenvalue weighted by Crippen LogP contribution is -2.35. The van der Waals surface area contributed by atoms with Gasteiger partial charge in [0.2, 0.25) is 0 Å². The molecule has 152 valence electrons. The summed E-state index contributed by atoms with van der Waals surface area (Å²) in [6.45, 7) is 3.80. The van der Waals surface area contributed by atoms with Crippen LogP contribution in [0.2, 0.25) is 0 Å². The third-order valence-corrected chi connectivity index (χ3v) is 5.39. The maximum atomic E-state index is 14.1. The molecule has 0 aliphatic carbocycles. The summed E-state index contributed by atoms with van der Waals surface area (Å²) in [6.07, 6.45) is 2.19. The summed E-state index contributed by atoms with van der Waals surface area (Å²) in [5, 5.41) is 10.2. The molecule has 0 saturated carbocycles. The molecule has 30 heavy (non-hydrogen) atoms. The van der Waals surface area contributed by atoms with Crippen LogP contribution in [-0.2, 0) is 0 Å². The number of amides is 1. The fourth-order valence-electron chi connectivity index (χ4n) is 3.99. The lowest BCUT2D eigenvalue weighted by atomic mass is 10.0. The van der Waals surface area contributed by atoms with Gasteiger partial charge in [0.05, 0.1) is 16.8 Å². The van der Waals surface area contributed by atoms with E-state index in [9.17, 15) is 18.8 Å². The van der Waals surface area contributed by atoms with Crippen molar-refractivity contribution in [3.05, 3.63) is 70.9 Å². The molecular weight excluding hydrogens is 386 g/mol. The Kier molecular flexibility index (Phi) is 5.32. The Morgan fingerprint density at radius 3 is 2.70 bits per heavy atom. The van der Waals surface area contributed by atoms with Crippen LogP contribution in [0.25, 0.3) is 10.9 Å². The molecule has 1 aliphatic rings. The van der Waals surface area contributed by atoms with Crippen LogP contribution in [0.5, 0.6) is 0 Å². The van der Waals surface area contributed by atoms with Gasteiger partial charge in [0.15, 0.2) is 0 Å². The van der Waals surface area contributed by atoms with Crippen molar-refractivity contribution in [3.8, 4) is 6.07 Å². The number of hydrogen-bond acceptors (Lipinski definition) is 4. The molecule has 1 aliphatic heterocycles. The number of carbonyl (C=O) groups excluding carboxylic acids is 1. The largest absolute Gasteiger partial charge is 0.368 e. The number of nitrogens with zero attached hydrogens (tertiary/aromatic N) is 4. The van der Waals surface area contributed by atoms with Gasteiger partial charge in [-0.15, -0.1) is 0 Å². The fourth-order valence-corrected chi connectivity index (χ4v) is 3.99. The highest BCUT2D eigenvalue weighted by molar-refractivity contribution is 5.96. The van der Waals surface area contributed by atoms with E-state index in [2.05, 4.69) is 11.1 Å². The molecule has 0 bridgehead atoms. The van der Waals surface area contributed by atoms with Crippen molar-refractivity contribution in [1.82, 2.24) is 9.88 Å². The van der Waals surface area contributed by atoms with Crippen LogP contribution < -0.4 is 4.90 Å². The number of anilines is 1. The van der Waals surface area contributed by atoms with Gasteiger partial charge in [-0.25, -0.2) is 8.78 Å². The molecule has 1 amide bonds. The fraction of sp³-hybridized carbons (Fsp3) is 0.261. The number of fused-ring (bicyclic) bond motifs is 1. The Hall–Kier alpha value is -3.53. The van der Waals surface area contributed by atoms with E-state index in [1.807, 2.05) is 4.90 Å². The van der Waals surface area contributed by atoms with Crippen molar-refractivity contribution in [2.45, 2.75) is 13.3 Å². The Morgan fingerprint density at radius 2 is 1.93 bits per heavy atom. The van der Waals surface area contributed by atoms with Gasteiger partial charge in [-0.1, -0.05) is 6.07 Å². The number of aromatic nitrogens is 1. The summed E-state index contributed by atoms with van der Waals surface area (Å²) in [6, 6.07) is 10.7. The average Bonchev–Trinajstić information content (AvgIpc) is 2.98. The first-order valence-corrected chi connectivity index (χ1v) is 9.76. The van der Waals surface area contributed by atoms with E-state index in [1.165, 1.54) is 36.5 Å². The van der Waals surface area contributed by atoms with E-state index >= 15 is 0 Å². The molecule has 5 nitrogen and oxygen atoms in total. The molecule has 2 aromatic carbocycles. The van der Waals surface area contributed by atoms with Crippen LogP contribution in [0.3, 0.4) is 0 Å². The molecule has 3 aromatic rings. The van der Waals surface area contributed by atoms with Crippen LogP contribution >= 0.6 is 0 Å². The van der Waals surface area contributed by atoms with Crippen LogP contribution in [0.1, 0.15) is 27.9 Å². The minimum absolute atomic E-state index is 0.224. The molecule has 4 rings (SSSR count). The first kappa shape index (κ1) is 19.8. The van der Waals surface area contributed by atoms with E-state index in [0.717, 1.165) is 0 Å². The predicted molar refractivity (Wildman–Crippen MR) is 110 cm³/mol. The molecule has 1 saturated heterocycles. The van der Waals surface area contributed by atoms with Gasteiger partial charge in [0.25, 0.3) is 5.91 Å². The number of nitriles is 1. The molecule has 1 aromatic heterocycles. The minimum atomic E-state index is -0.448. The van der Waals surface area contributed by atoms with Gasteiger partial charge in [-0.2, -0.15) is 5.26 Å². The van der Waals surface area contributed by atoms with Crippen molar-refractivity contribution in [2.24, 2.45) is 0 Å². The number of pyridine rings is 1. The average molecular weight is 406 g/mol. The van der Waals surface area contributed by atoms with E-state index in [1.54, 1.807) is 17.9 Å². The van der Waals surface area contributed by atoms with Crippen molar-refractivity contribution in [3.63, 3.8) is 0 Å². The first-order valence-electron chi connectivity index (χ1n) is 9.76. The summed E-state index contributed by atoms with van der Waals surface area (Å²) >= 11 is 0. The van der Waals surface area contributed by atoms with E-state index in [0.29, 0.717) is 65.9 Å². The van der Waals surface area contributed by atoms with Crippen molar-refractivity contribution in [1.29, 1.82) is 5.26 Å². The quantitative estimate of drug-likeness (QED) is 0.644.